The van der Waals surface area contributed by atoms with E-state index in [1.54, 1.807) is 0 Å². The Morgan fingerprint density at radius 2 is 0.791 bits per heavy atom. The lowest BCUT2D eigenvalue weighted by Crippen LogP contribution is -2.06. The van der Waals surface area contributed by atoms with Crippen molar-refractivity contribution < 1.29 is 0 Å². The molecule has 0 saturated heterocycles. The smallest absolute Gasteiger partial charge is 0.102 e. The van der Waals surface area contributed by atoms with E-state index in [0.717, 1.165) is 0 Å². The Bertz CT molecular complexity index is 2290. The van der Waals surface area contributed by atoms with Gasteiger partial charge >= 0.3 is 0 Å². The molecular weight excluding hydrogens is 559 g/mol. The average Bonchev–Trinajstić information content (AvgIpc) is 3.69. The van der Waals surface area contributed by atoms with Gasteiger partial charge in [0, 0.05) is 15.1 Å². The summed E-state index contributed by atoms with van der Waals surface area (Å²) in [5.41, 5.74) is 3.62. The maximum Gasteiger partial charge on any atom is 0.102 e. The van der Waals surface area contributed by atoms with Crippen molar-refractivity contribution in [2.45, 2.75) is 0 Å². The van der Waals surface area contributed by atoms with Crippen LogP contribution in [0.3, 0.4) is 0 Å². The monoisotopic (exact) mass is 583 g/mol. The second kappa shape index (κ2) is 9.81. The Kier molecular flexibility index (Phi) is 5.62. The van der Waals surface area contributed by atoms with Gasteiger partial charge in [0.05, 0.1) is 0 Å². The third-order valence-corrected chi connectivity index (χ3v) is 10.7. The zero-order valence-corrected chi connectivity index (χ0v) is 24.8. The number of benzene rings is 7. The molecule has 3 heteroatoms. The molecule has 0 aliphatic carbocycles. The number of thiophene rings is 2. The van der Waals surface area contributed by atoms with Crippen LogP contribution in [0.5, 0.6) is 0 Å². The molecule has 0 fully saturated rings. The van der Waals surface area contributed by atoms with Gasteiger partial charge in [-0.15, -0.1) is 22.7 Å². The molecule has 0 saturated carbocycles. The SMILES string of the molecule is c1ccc2sc(N(c3ccc(-c4ccc5c6ccccc6c6ccccc6c5c4)cc3)c3cc4ccccc4s3)cc2c1. The van der Waals surface area contributed by atoms with Crippen LogP contribution in [0.2, 0.25) is 0 Å². The fourth-order valence-corrected chi connectivity index (χ4v) is 8.66. The minimum atomic E-state index is 1.17. The van der Waals surface area contributed by atoms with Gasteiger partial charge in [-0.2, -0.15) is 0 Å². The fraction of sp³-hybridized carbons (Fsp3) is 0. The molecule has 0 atom stereocenters. The van der Waals surface area contributed by atoms with E-state index >= 15 is 0 Å². The minimum absolute atomic E-state index is 1.17. The molecule has 0 radical (unpaired) electrons. The van der Waals surface area contributed by atoms with Crippen LogP contribution in [-0.4, -0.2) is 0 Å². The van der Waals surface area contributed by atoms with Crippen LogP contribution in [0.15, 0.2) is 152 Å². The van der Waals surface area contributed by atoms with Crippen molar-refractivity contribution in [1.29, 1.82) is 0 Å². The van der Waals surface area contributed by atoms with Gasteiger partial charge in [-0.25, -0.2) is 0 Å². The maximum atomic E-state index is 2.42. The van der Waals surface area contributed by atoms with Crippen molar-refractivity contribution in [2.75, 3.05) is 4.90 Å². The van der Waals surface area contributed by atoms with Gasteiger partial charge in [0.2, 0.25) is 0 Å². The Balaban J connectivity index is 1.18. The quantitative estimate of drug-likeness (QED) is 0.186. The van der Waals surface area contributed by atoms with Crippen molar-refractivity contribution in [2.24, 2.45) is 0 Å². The van der Waals surface area contributed by atoms with Crippen molar-refractivity contribution in [3.05, 3.63) is 152 Å². The first-order valence-electron chi connectivity index (χ1n) is 14.5. The summed E-state index contributed by atoms with van der Waals surface area (Å²) in [5, 5.41) is 12.8. The molecule has 0 unspecified atom stereocenters. The largest absolute Gasteiger partial charge is 0.293 e. The van der Waals surface area contributed by atoms with E-state index in [4.69, 9.17) is 0 Å². The van der Waals surface area contributed by atoms with Gasteiger partial charge in [-0.3, -0.25) is 4.90 Å². The predicted molar refractivity (Wildman–Crippen MR) is 190 cm³/mol. The molecule has 0 aliphatic rings. The molecule has 9 rings (SSSR count). The van der Waals surface area contributed by atoms with E-state index < -0.39 is 0 Å². The number of fused-ring (bicyclic) bond motifs is 8. The summed E-state index contributed by atoms with van der Waals surface area (Å²) in [6.07, 6.45) is 0. The number of rotatable bonds is 4. The first-order valence-corrected chi connectivity index (χ1v) is 16.1. The van der Waals surface area contributed by atoms with Crippen molar-refractivity contribution >= 4 is 90.9 Å². The highest BCUT2D eigenvalue weighted by atomic mass is 32.1. The lowest BCUT2D eigenvalue weighted by molar-refractivity contribution is 1.36. The lowest BCUT2D eigenvalue weighted by atomic mass is 9.92. The van der Waals surface area contributed by atoms with Crippen LogP contribution in [0.1, 0.15) is 0 Å². The Labute approximate surface area is 257 Å². The molecule has 202 valence electrons. The molecule has 0 bridgehead atoms. The Morgan fingerprint density at radius 1 is 0.349 bits per heavy atom. The first-order chi connectivity index (χ1) is 21.3. The summed E-state index contributed by atoms with van der Waals surface area (Å²) in [6.45, 7) is 0. The van der Waals surface area contributed by atoms with Crippen molar-refractivity contribution in [3.8, 4) is 11.1 Å². The maximum absolute atomic E-state index is 2.42. The summed E-state index contributed by atoms with van der Waals surface area (Å²) < 4.78 is 2.60. The van der Waals surface area contributed by atoms with E-state index in [-0.39, 0.29) is 0 Å². The summed E-state index contributed by atoms with van der Waals surface area (Å²) >= 11 is 3.68. The van der Waals surface area contributed by atoms with Gasteiger partial charge in [0.15, 0.2) is 0 Å². The Hall–Kier alpha value is -4.96. The molecule has 0 amide bonds. The van der Waals surface area contributed by atoms with Gasteiger partial charge < -0.3 is 0 Å². The van der Waals surface area contributed by atoms with Crippen LogP contribution in [0, 0.1) is 0 Å². The molecule has 0 spiro atoms. The zero-order chi connectivity index (χ0) is 28.3. The highest BCUT2D eigenvalue weighted by Crippen LogP contribution is 2.46. The molecule has 7 aromatic carbocycles. The number of nitrogens with zero attached hydrogens (tertiary/aromatic N) is 1. The van der Waals surface area contributed by atoms with Crippen LogP contribution < -0.4 is 4.90 Å². The Morgan fingerprint density at radius 3 is 1.33 bits per heavy atom. The van der Waals surface area contributed by atoms with Crippen LogP contribution in [0.4, 0.5) is 15.7 Å². The third-order valence-electron chi connectivity index (χ3n) is 8.47. The van der Waals surface area contributed by atoms with E-state index in [0.29, 0.717) is 0 Å². The second-order valence-electron chi connectivity index (χ2n) is 11.0. The zero-order valence-electron chi connectivity index (χ0n) is 23.2. The van der Waals surface area contributed by atoms with E-state index in [9.17, 15) is 0 Å². The van der Waals surface area contributed by atoms with E-state index in [1.807, 2.05) is 22.7 Å². The van der Waals surface area contributed by atoms with Crippen LogP contribution in [-0.2, 0) is 0 Å². The van der Waals surface area contributed by atoms with Crippen molar-refractivity contribution in [1.82, 2.24) is 0 Å². The summed E-state index contributed by atoms with van der Waals surface area (Å²) in [5.74, 6) is 0. The fourth-order valence-electron chi connectivity index (χ4n) is 6.41. The van der Waals surface area contributed by atoms with E-state index in [1.165, 1.54) is 79.3 Å². The molecule has 9 aromatic rings. The van der Waals surface area contributed by atoms with Gasteiger partial charge in [-0.05, 0) is 96.7 Å². The standard InChI is InChI=1S/C40H25NS2/c1-7-15-37-28(9-1)24-39(42-37)41(40-25-29-10-2-8-16-38(29)43-40)30-20-17-26(18-21-30)27-19-22-35-33-13-4-3-11-31(33)32-12-5-6-14-34(32)36(35)23-27/h1-25H. The number of anilines is 3. The lowest BCUT2D eigenvalue weighted by Gasteiger charge is -2.22. The van der Waals surface area contributed by atoms with Crippen molar-refractivity contribution in [3.63, 3.8) is 0 Å². The highest BCUT2D eigenvalue weighted by Gasteiger charge is 2.18. The molecule has 2 aromatic heterocycles. The second-order valence-corrected chi connectivity index (χ2v) is 13.1. The summed E-state index contributed by atoms with van der Waals surface area (Å²) in [4.78, 5) is 2.42. The van der Waals surface area contributed by atoms with Gasteiger partial charge in [0.25, 0.3) is 0 Å². The van der Waals surface area contributed by atoms with E-state index in [2.05, 4.69) is 157 Å². The van der Waals surface area contributed by atoms with Crippen LogP contribution in [0.25, 0.3) is 63.6 Å². The van der Waals surface area contributed by atoms with Crippen LogP contribution >= 0.6 is 22.7 Å². The normalized spacial score (nSPS) is 11.7. The summed E-state index contributed by atoms with van der Waals surface area (Å²) in [6, 6.07) is 55.5. The average molecular weight is 584 g/mol. The predicted octanol–water partition coefficient (Wildman–Crippen LogP) is 12.7. The number of hydrogen-bond donors (Lipinski definition) is 0. The molecule has 2 heterocycles. The molecule has 0 N–H and O–H groups in total. The number of hydrogen-bond acceptors (Lipinski definition) is 3. The topological polar surface area (TPSA) is 3.24 Å². The molecule has 1 nitrogen and oxygen atoms in total. The highest BCUT2D eigenvalue weighted by molar-refractivity contribution is 7.25. The molecule has 43 heavy (non-hydrogen) atoms. The molecule has 0 aliphatic heterocycles. The third kappa shape index (κ3) is 4.04. The van der Waals surface area contributed by atoms with Gasteiger partial charge in [-0.1, -0.05) is 109 Å². The van der Waals surface area contributed by atoms with Gasteiger partial charge in [0.1, 0.15) is 10.0 Å². The summed E-state index contributed by atoms with van der Waals surface area (Å²) in [7, 11) is 0. The molecular formula is C40H25NS2. The first kappa shape index (κ1) is 24.6. The minimum Gasteiger partial charge on any atom is -0.293 e.